The molecule has 14 heteroatoms. The third-order valence-electron chi connectivity index (χ3n) is 5.27. The van der Waals surface area contributed by atoms with Crippen LogP contribution in [0.3, 0.4) is 0 Å². The number of aliphatic hydroxyl groups excluding tert-OH is 1. The standard InChI is InChI=1S/C23H28Cl2O12/c1-4-31-22(29)36-10-34-20(27)17-16(18(17)21(28)35-11-37-23(30)32-5-2)19(26)12(3)33-9-13-6-7-14(24)15(25)8-13/h6-8,12,16-19,26H,4-5,9-11H2,1-3H3/t12-,17-,18-,19+/m0/s1. The van der Waals surface area contributed by atoms with Crippen LogP contribution >= 0.6 is 23.2 Å². The van der Waals surface area contributed by atoms with E-state index in [4.69, 9.17) is 37.4 Å². The van der Waals surface area contributed by atoms with Crippen molar-refractivity contribution in [1.82, 2.24) is 0 Å². The molecule has 1 aromatic carbocycles. The normalized spacial score (nSPS) is 19.7. The van der Waals surface area contributed by atoms with E-state index in [2.05, 4.69) is 18.9 Å². The molecule has 1 saturated carbocycles. The number of carbonyl (C=O) groups is 4. The van der Waals surface area contributed by atoms with E-state index >= 15 is 0 Å². The van der Waals surface area contributed by atoms with Gasteiger partial charge in [-0.3, -0.25) is 9.59 Å². The Morgan fingerprint density at radius 1 is 0.838 bits per heavy atom. The van der Waals surface area contributed by atoms with Crippen LogP contribution in [0.1, 0.15) is 26.3 Å². The zero-order chi connectivity index (χ0) is 27.5. The average Bonchev–Trinajstić information content (AvgIpc) is 3.60. The molecule has 37 heavy (non-hydrogen) atoms. The van der Waals surface area contributed by atoms with Crippen LogP contribution in [0.4, 0.5) is 9.59 Å². The van der Waals surface area contributed by atoms with Crippen molar-refractivity contribution in [2.75, 3.05) is 26.8 Å². The summed E-state index contributed by atoms with van der Waals surface area (Å²) < 4.78 is 33.8. The van der Waals surface area contributed by atoms with Gasteiger partial charge < -0.3 is 38.3 Å². The van der Waals surface area contributed by atoms with Gasteiger partial charge in [0.15, 0.2) is 0 Å². The lowest BCUT2D eigenvalue weighted by atomic mass is 10.1. The molecule has 4 atom stereocenters. The Kier molecular flexibility index (Phi) is 12.2. The third-order valence-corrected chi connectivity index (χ3v) is 6.01. The highest BCUT2D eigenvalue weighted by molar-refractivity contribution is 6.42. The van der Waals surface area contributed by atoms with E-state index in [0.29, 0.717) is 15.6 Å². The summed E-state index contributed by atoms with van der Waals surface area (Å²) in [4.78, 5) is 47.7. The molecular formula is C23H28Cl2O12. The second-order valence-corrected chi connectivity index (χ2v) is 8.52. The monoisotopic (exact) mass is 566 g/mol. The lowest BCUT2D eigenvalue weighted by Gasteiger charge is -2.20. The first-order valence-electron chi connectivity index (χ1n) is 11.3. The van der Waals surface area contributed by atoms with Crippen molar-refractivity contribution in [1.29, 1.82) is 0 Å². The summed E-state index contributed by atoms with van der Waals surface area (Å²) in [5.41, 5.74) is 0.684. The van der Waals surface area contributed by atoms with Gasteiger partial charge in [-0.05, 0) is 38.5 Å². The van der Waals surface area contributed by atoms with E-state index in [-0.39, 0.29) is 19.8 Å². The SMILES string of the molecule is CCOC(=O)OCOC(=O)[C@H]1C([C@H](O)[C@H](C)OCc2ccc(Cl)c(Cl)c2)[C@@H]1C(=O)OCOC(=O)OCC. The molecule has 0 unspecified atom stereocenters. The largest absolute Gasteiger partial charge is 0.511 e. The number of ether oxygens (including phenoxy) is 7. The lowest BCUT2D eigenvalue weighted by molar-refractivity contribution is -0.161. The van der Waals surface area contributed by atoms with Gasteiger partial charge in [-0.15, -0.1) is 0 Å². The van der Waals surface area contributed by atoms with Crippen LogP contribution < -0.4 is 0 Å². The Labute approximate surface area is 222 Å². The number of esters is 2. The van der Waals surface area contributed by atoms with Crippen LogP contribution in [0, 0.1) is 17.8 Å². The van der Waals surface area contributed by atoms with Crippen molar-refractivity contribution in [2.24, 2.45) is 17.8 Å². The molecule has 12 nitrogen and oxygen atoms in total. The first kappa shape index (κ1) is 30.4. The Balaban J connectivity index is 1.99. The van der Waals surface area contributed by atoms with E-state index in [0.717, 1.165) is 0 Å². The maximum Gasteiger partial charge on any atom is 0.511 e. The molecule has 0 bridgehead atoms. The number of hydrogen-bond donors (Lipinski definition) is 1. The number of rotatable bonds is 13. The van der Waals surface area contributed by atoms with Gasteiger partial charge in [0, 0.05) is 5.92 Å². The fourth-order valence-electron chi connectivity index (χ4n) is 3.42. The molecule has 1 aliphatic rings. The van der Waals surface area contributed by atoms with Gasteiger partial charge in [0.25, 0.3) is 0 Å². The summed E-state index contributed by atoms with van der Waals surface area (Å²) in [5.74, 6) is -5.05. The molecule has 0 radical (unpaired) electrons. The zero-order valence-corrected chi connectivity index (χ0v) is 21.9. The van der Waals surface area contributed by atoms with Crippen LogP contribution in [-0.4, -0.2) is 68.4 Å². The minimum atomic E-state index is -1.30. The van der Waals surface area contributed by atoms with Crippen LogP contribution in [0.25, 0.3) is 0 Å². The van der Waals surface area contributed by atoms with E-state index in [9.17, 15) is 24.3 Å². The van der Waals surface area contributed by atoms with Gasteiger partial charge in [-0.25, -0.2) is 9.59 Å². The molecule has 0 saturated heterocycles. The molecule has 1 aliphatic carbocycles. The van der Waals surface area contributed by atoms with E-state index < -0.39 is 67.8 Å². The van der Waals surface area contributed by atoms with Crippen molar-refractivity contribution in [3.63, 3.8) is 0 Å². The molecule has 1 fully saturated rings. The minimum absolute atomic E-state index is 0.0611. The first-order valence-corrected chi connectivity index (χ1v) is 12.0. The number of carbonyl (C=O) groups excluding carboxylic acids is 4. The fraction of sp³-hybridized carbons (Fsp3) is 0.565. The molecule has 2 rings (SSSR count). The van der Waals surface area contributed by atoms with Gasteiger partial charge in [0.05, 0.1) is 53.9 Å². The summed E-state index contributed by atoms with van der Waals surface area (Å²) in [6.07, 6.45) is -4.22. The topological polar surface area (TPSA) is 153 Å². The summed E-state index contributed by atoms with van der Waals surface area (Å²) >= 11 is 11.9. The van der Waals surface area contributed by atoms with Crippen molar-refractivity contribution >= 4 is 47.5 Å². The van der Waals surface area contributed by atoms with Crippen molar-refractivity contribution in [2.45, 2.75) is 39.6 Å². The van der Waals surface area contributed by atoms with E-state index in [1.165, 1.54) is 0 Å². The Bertz CT molecular complexity index is 914. The predicted molar refractivity (Wildman–Crippen MR) is 125 cm³/mol. The average molecular weight is 567 g/mol. The van der Waals surface area contributed by atoms with Crippen LogP contribution in [0.15, 0.2) is 18.2 Å². The van der Waals surface area contributed by atoms with Gasteiger partial charge in [0.1, 0.15) is 0 Å². The predicted octanol–water partition coefficient (Wildman–Crippen LogP) is 3.47. The smallest absolute Gasteiger partial charge is 0.435 e. The number of hydrogen-bond acceptors (Lipinski definition) is 12. The summed E-state index contributed by atoms with van der Waals surface area (Å²) in [7, 11) is 0. The van der Waals surface area contributed by atoms with Crippen molar-refractivity contribution in [3.8, 4) is 0 Å². The van der Waals surface area contributed by atoms with Gasteiger partial charge >= 0.3 is 24.2 Å². The maximum absolute atomic E-state index is 12.6. The maximum atomic E-state index is 12.6. The number of benzene rings is 1. The summed E-state index contributed by atoms with van der Waals surface area (Å²) in [5, 5.41) is 11.5. The fourth-order valence-corrected chi connectivity index (χ4v) is 3.74. The summed E-state index contributed by atoms with van der Waals surface area (Å²) in [6.45, 7) is 3.36. The van der Waals surface area contributed by atoms with Crippen molar-refractivity contribution < 1.29 is 57.4 Å². The molecule has 1 N–H and O–H groups in total. The van der Waals surface area contributed by atoms with E-state index in [1.807, 2.05) is 0 Å². The first-order chi connectivity index (χ1) is 17.6. The molecule has 1 aromatic rings. The minimum Gasteiger partial charge on any atom is -0.435 e. The quantitative estimate of drug-likeness (QED) is 0.211. The lowest BCUT2D eigenvalue weighted by Crippen LogP contribution is -2.30. The van der Waals surface area contributed by atoms with E-state index in [1.54, 1.807) is 39.0 Å². The highest BCUT2D eigenvalue weighted by Crippen LogP contribution is 2.51. The third kappa shape index (κ3) is 9.22. The van der Waals surface area contributed by atoms with Crippen LogP contribution in [-0.2, 0) is 49.4 Å². The molecule has 206 valence electrons. The highest BCUT2D eigenvalue weighted by atomic mass is 35.5. The second kappa shape index (κ2) is 14.8. The molecule has 0 amide bonds. The van der Waals surface area contributed by atoms with Crippen LogP contribution in [0.2, 0.25) is 10.0 Å². The molecule has 0 aromatic heterocycles. The zero-order valence-electron chi connectivity index (χ0n) is 20.3. The Morgan fingerprint density at radius 2 is 1.35 bits per heavy atom. The van der Waals surface area contributed by atoms with Crippen LogP contribution in [0.5, 0.6) is 0 Å². The number of halogens is 2. The molecule has 0 aliphatic heterocycles. The molecular weight excluding hydrogens is 539 g/mol. The summed E-state index contributed by atoms with van der Waals surface area (Å²) in [6, 6.07) is 4.89. The Morgan fingerprint density at radius 3 is 1.81 bits per heavy atom. The Hall–Kier alpha value is -2.80. The molecule has 0 spiro atoms. The van der Waals surface area contributed by atoms with Crippen molar-refractivity contribution in [3.05, 3.63) is 33.8 Å². The van der Waals surface area contributed by atoms with Gasteiger partial charge in [-0.1, -0.05) is 29.3 Å². The highest BCUT2D eigenvalue weighted by Gasteiger charge is 2.64. The number of aliphatic hydroxyl groups is 1. The second-order valence-electron chi connectivity index (χ2n) is 7.70. The van der Waals surface area contributed by atoms with Gasteiger partial charge in [-0.2, -0.15) is 0 Å². The van der Waals surface area contributed by atoms with Gasteiger partial charge in [0.2, 0.25) is 13.6 Å². The molecule has 0 heterocycles.